The quantitative estimate of drug-likeness (QED) is 0.00735. The van der Waals surface area contributed by atoms with Gasteiger partial charge in [-0.05, 0) is 0 Å². The van der Waals surface area contributed by atoms with Crippen molar-refractivity contribution in [1.82, 2.24) is 17.9 Å². The van der Waals surface area contributed by atoms with E-state index in [0.29, 0.717) is 151 Å². The maximum absolute atomic E-state index is 12.7. The predicted molar refractivity (Wildman–Crippen MR) is 410 cm³/mol. The van der Waals surface area contributed by atoms with Gasteiger partial charge in [0.1, 0.15) is 0 Å². The van der Waals surface area contributed by atoms with Crippen LogP contribution in [0.1, 0.15) is 138 Å². The van der Waals surface area contributed by atoms with E-state index in [1.54, 1.807) is 0 Å². The molecule has 1 spiro atoms. The summed E-state index contributed by atoms with van der Waals surface area (Å²) in [5.41, 5.74) is 4.37. The van der Waals surface area contributed by atoms with E-state index in [1.165, 1.54) is 0 Å². The van der Waals surface area contributed by atoms with Crippen LogP contribution in [0.3, 0.4) is 0 Å². The van der Waals surface area contributed by atoms with Crippen LogP contribution in [0.15, 0.2) is 117 Å². The molecule has 37 heteroatoms. The van der Waals surface area contributed by atoms with E-state index < -0.39 is 77.0 Å². The summed E-state index contributed by atoms with van der Waals surface area (Å²) in [4.78, 5) is 40.5. The summed E-state index contributed by atoms with van der Waals surface area (Å²) in [6, 6.07) is 33.8. The second kappa shape index (κ2) is 30.2. The fourth-order valence-electron chi connectivity index (χ4n) is 18.0. The number of amidine groups is 4. The van der Waals surface area contributed by atoms with Crippen LogP contribution in [0.25, 0.3) is 21.5 Å². The van der Waals surface area contributed by atoms with E-state index >= 15 is 0 Å². The number of nitrogens with two attached hydrogens (primary N) is 2. The van der Waals surface area contributed by atoms with Crippen LogP contribution in [-0.4, -0.2) is 204 Å². The van der Waals surface area contributed by atoms with Gasteiger partial charge in [0.15, 0.2) is 0 Å². The molecule has 4 aromatic carbocycles. The Bertz CT molecular complexity index is 5030. The van der Waals surface area contributed by atoms with Gasteiger partial charge in [0.25, 0.3) is 0 Å². The number of fused-ring (bicyclic) bond motifs is 12. The summed E-state index contributed by atoms with van der Waals surface area (Å²) in [6.45, 7) is 15.9. The number of unbranched alkanes of at least 4 members (excludes halogenated alkanes) is 8. The van der Waals surface area contributed by atoms with E-state index in [2.05, 4.69) is 117 Å². The molecule has 0 aliphatic carbocycles. The molecular formula is C69H101N14O16S4Si3+. The first-order chi connectivity index (χ1) is 50.2. The number of nitrogens with zero attached hydrogens (tertiary/aromatic N) is 10. The second-order valence-corrected chi connectivity index (χ2v) is 50.6. The molecule has 0 fully saturated rings. The van der Waals surface area contributed by atoms with Crippen molar-refractivity contribution in [2.24, 2.45) is 31.8 Å². The Kier molecular flexibility index (Phi) is 22.5. The van der Waals surface area contributed by atoms with Crippen LogP contribution < -0.4 is 32.2 Å². The maximum atomic E-state index is 12.7. The fraction of sp³-hybridized carbons (Fsp3) is 0.522. The molecule has 0 radical (unpaired) electrons. The molecule has 0 amide bonds. The Labute approximate surface area is 622 Å². The summed E-state index contributed by atoms with van der Waals surface area (Å²) in [7, 11) is -32.1. The fourth-order valence-corrected chi connectivity index (χ4v) is 42.2. The van der Waals surface area contributed by atoms with Gasteiger partial charge >= 0.3 is 579 Å². The molecule has 6 aliphatic heterocycles. The van der Waals surface area contributed by atoms with Crippen LogP contribution in [0.5, 0.6) is 0 Å². The number of carbonyl (C=O) groups is 1. The Morgan fingerprint density at radius 3 is 1.31 bits per heavy atom. The van der Waals surface area contributed by atoms with Crippen LogP contribution >= 0.6 is 0 Å². The zero-order valence-corrected chi connectivity index (χ0v) is 67.3. The van der Waals surface area contributed by atoms with Crippen molar-refractivity contribution in [1.29, 1.82) is 0 Å². The molecule has 2 aromatic heterocycles. The molecular weight excluding hydrogens is 1490 g/mol. The molecule has 30 nitrogen and oxygen atoms in total. The molecule has 0 saturated heterocycles. The van der Waals surface area contributed by atoms with Crippen molar-refractivity contribution in [3.63, 3.8) is 0 Å². The van der Waals surface area contributed by atoms with Crippen LogP contribution in [0.2, 0.25) is 38.3 Å². The van der Waals surface area contributed by atoms with E-state index in [9.17, 15) is 60.4 Å². The third-order valence-corrected chi connectivity index (χ3v) is 41.9. The standard InChI is InChI=1S/C69H100N14O16S4Si3/c1-6-7-20-41-82(42-21-8-9-38-61(84)96-70,43-22-18-39-72-102(90,91)92)47-28-51-104(2,3)98-106(99-105(4,5)52-29-48-83(45-24-26-49-100(85,86)87,44-23-19-40-73-103(93,94)95)46-25-27-50-101(88,89)97-71)78-62-53-30-10-11-31-54(53)63(78)75-65-57-34-14-15-35-58(57)67(80(65)106)77-69-60-37-17-16-36-59(60)68(81(69)106)76-66-56-33-13-12-32-55(56)64(74-62)79(66)106/h10-17,30-37,72-73H,6-9,18-29,38-52,70-71H2,1-5H3,(H-2,85,86,87,90,91,92,93,94,95)/p+1. The van der Waals surface area contributed by atoms with Crippen molar-refractivity contribution >= 4 is 128 Å². The number of hydrogen-bond acceptors (Lipinski definition) is 20. The first-order valence-electron chi connectivity index (χ1n) is 37.0. The number of hydrogen-bond donors (Lipinski definition) is 6. The minimum absolute atomic E-state index is 0.0668. The van der Waals surface area contributed by atoms with Gasteiger partial charge in [0, 0.05) is 0 Å². The van der Waals surface area contributed by atoms with Gasteiger partial charge in [-0.3, -0.25) is 13.9 Å². The summed E-state index contributed by atoms with van der Waals surface area (Å²) in [5.74, 6) is 12.5. The molecule has 6 aliphatic rings. The molecule has 8 N–H and O–H groups in total. The van der Waals surface area contributed by atoms with Gasteiger partial charge in [-0.25, -0.2) is 0 Å². The van der Waals surface area contributed by atoms with Crippen molar-refractivity contribution in [3.8, 4) is 0 Å². The van der Waals surface area contributed by atoms with Gasteiger partial charge in [0.2, 0.25) is 0 Å². The molecule has 12 rings (SSSR count). The normalized spacial score (nSPS) is 18.2. The van der Waals surface area contributed by atoms with Gasteiger partial charge in [-0.1, -0.05) is 0 Å². The van der Waals surface area contributed by atoms with Gasteiger partial charge < -0.3 is 4.84 Å². The third-order valence-electron chi connectivity index (χ3n) is 22.2. The number of aromatic nitrogens is 2. The molecule has 0 bridgehead atoms. The van der Waals surface area contributed by atoms with Crippen molar-refractivity contribution < 1.29 is 86.9 Å². The average molecular weight is 1600 g/mol. The number of quaternary nitrogens is 2. The number of rotatable bonds is 45. The topological polar surface area (TPSA) is 395 Å². The second-order valence-electron chi connectivity index (χ2n) is 30.6. The molecule has 578 valence electrons. The summed E-state index contributed by atoms with van der Waals surface area (Å²) < 4.78 is 167. The van der Waals surface area contributed by atoms with Crippen molar-refractivity contribution in [2.45, 2.75) is 154 Å². The molecule has 106 heavy (non-hydrogen) atoms. The van der Waals surface area contributed by atoms with Crippen LogP contribution in [-0.2, 0) is 63.0 Å². The number of aliphatic imine (C=N–C) groups is 2. The van der Waals surface area contributed by atoms with Crippen molar-refractivity contribution in [2.75, 3.05) is 77.0 Å². The van der Waals surface area contributed by atoms with E-state index in [4.69, 9.17) is 31.8 Å². The zero-order chi connectivity index (χ0) is 75.8. The Morgan fingerprint density at radius 1 is 0.509 bits per heavy atom. The molecule has 6 aromatic rings. The van der Waals surface area contributed by atoms with Gasteiger partial charge in [-0.15, -0.1) is 0 Å². The number of benzene rings is 4. The van der Waals surface area contributed by atoms with Crippen LogP contribution in [0.4, 0.5) is 11.6 Å². The molecule has 2 unspecified atom stereocenters. The molecule has 8 heterocycles. The van der Waals surface area contributed by atoms with Gasteiger partial charge in [0.05, 0.1) is 0 Å². The van der Waals surface area contributed by atoms with E-state index in [-0.39, 0.29) is 38.1 Å². The summed E-state index contributed by atoms with van der Waals surface area (Å²) in [5, 5.41) is 3.23. The first-order valence-corrected chi connectivity index (χ1v) is 51.9. The summed E-state index contributed by atoms with van der Waals surface area (Å²) >= 11 is 0. The molecule has 2 atom stereocenters. The number of nitrogens with one attached hydrogen (secondary N) is 2. The van der Waals surface area contributed by atoms with E-state index in [1.807, 2.05) is 48.5 Å². The molecule has 0 saturated carbocycles. The monoisotopic (exact) mass is 1590 g/mol. The Morgan fingerprint density at radius 2 is 0.896 bits per heavy atom. The van der Waals surface area contributed by atoms with Crippen molar-refractivity contribution in [3.05, 3.63) is 130 Å². The average Bonchev–Trinajstić information content (AvgIpc) is 1.30. The van der Waals surface area contributed by atoms with E-state index in [0.717, 1.165) is 102 Å². The Hall–Kier alpha value is -6.32. The Balaban J connectivity index is 1.08. The SMILES string of the molecule is CCCCC[N+](CCCCCC(=O)ON)(CCCCNS(=O)(=O)O)CCC[Si](C)(C)O[Si-2]123(O[Si](C)(C)CCC[N+](CCCCNS(=O)(=O)O)(CCCCS(=O)(=O)[O-])CCCCS(=O)(=O)ON)n4c5c6ccccc6c4N=C4c6ccccc6C(=[N+]41)N=c1c4ccccc4c(n12)=NC1=[N+]3C(=N5)c2ccccc21. The number of carbonyl (C=O) groups excluding carboxylic acids is 1. The predicted octanol–water partition coefficient (Wildman–Crippen LogP) is 7.02. The zero-order valence-electron chi connectivity index (χ0n) is 61.0. The summed E-state index contributed by atoms with van der Waals surface area (Å²) in [6.07, 6.45) is 9.24. The third kappa shape index (κ3) is 14.9. The first kappa shape index (κ1) is 79.2. The minimum atomic E-state index is -7.32. The van der Waals surface area contributed by atoms with Gasteiger partial charge in [-0.2, -0.15) is 28.6 Å². The van der Waals surface area contributed by atoms with Crippen LogP contribution in [0, 0.1) is 0 Å².